The van der Waals surface area contributed by atoms with Crippen LogP contribution in [0.5, 0.6) is 17.2 Å². The van der Waals surface area contributed by atoms with Crippen molar-refractivity contribution in [3.8, 4) is 17.2 Å². The number of nitro benzene ring substituents is 1. The number of nitro groups is 1. The first kappa shape index (κ1) is 21.5. The summed E-state index contributed by atoms with van der Waals surface area (Å²) in [6.07, 6.45) is -1.17. The van der Waals surface area contributed by atoms with Crippen LogP contribution in [-0.2, 0) is 9.53 Å². The van der Waals surface area contributed by atoms with Gasteiger partial charge in [-0.15, -0.1) is 0 Å². The Morgan fingerprint density at radius 3 is 2.17 bits per heavy atom. The normalized spacial score (nSPS) is 11.2. The monoisotopic (exact) mass is 404 g/mol. The molecule has 29 heavy (non-hydrogen) atoms. The van der Waals surface area contributed by atoms with Crippen LogP contribution in [0.3, 0.4) is 0 Å². The number of esters is 1. The van der Waals surface area contributed by atoms with E-state index in [0.29, 0.717) is 5.75 Å². The Hall–Kier alpha value is -3.82. The molecule has 154 valence electrons. The van der Waals surface area contributed by atoms with Crippen LogP contribution in [0.2, 0.25) is 0 Å². The third kappa shape index (κ3) is 5.12. The Morgan fingerprint density at radius 1 is 1.03 bits per heavy atom. The molecule has 0 radical (unpaired) electrons. The second-order valence-corrected chi connectivity index (χ2v) is 5.76. The van der Waals surface area contributed by atoms with Crippen molar-refractivity contribution in [1.82, 2.24) is 0 Å². The number of carbonyl (C=O) groups excluding carboxylic acids is 2. The molecule has 2 rings (SSSR count). The number of methoxy groups -OCH3 is 3. The quantitative estimate of drug-likeness (QED) is 0.404. The van der Waals surface area contributed by atoms with E-state index < -0.39 is 22.9 Å². The van der Waals surface area contributed by atoms with Crippen LogP contribution < -0.4 is 19.5 Å². The smallest absolute Gasteiger partial charge is 0.339 e. The minimum atomic E-state index is -1.17. The van der Waals surface area contributed by atoms with Gasteiger partial charge in [0.05, 0.1) is 31.8 Å². The van der Waals surface area contributed by atoms with E-state index in [0.717, 1.165) is 0 Å². The van der Waals surface area contributed by atoms with Gasteiger partial charge in [-0.1, -0.05) is 6.07 Å². The van der Waals surface area contributed by atoms with Crippen LogP contribution in [-0.4, -0.2) is 44.2 Å². The number of rotatable bonds is 8. The van der Waals surface area contributed by atoms with Crippen molar-refractivity contribution in [2.24, 2.45) is 0 Å². The highest BCUT2D eigenvalue weighted by atomic mass is 16.6. The molecule has 0 saturated carbocycles. The van der Waals surface area contributed by atoms with Gasteiger partial charge in [-0.3, -0.25) is 14.9 Å². The Kier molecular flexibility index (Phi) is 6.96. The second kappa shape index (κ2) is 9.40. The number of hydrogen-bond acceptors (Lipinski definition) is 8. The van der Waals surface area contributed by atoms with E-state index in [4.69, 9.17) is 18.9 Å². The van der Waals surface area contributed by atoms with Gasteiger partial charge in [-0.2, -0.15) is 0 Å². The Balaban J connectivity index is 2.13. The standard InChI is InChI=1S/C19H20N2O8/c1-11(18(22)20-13-6-5-7-14(10-13)21(24)25)29-19(23)12-8-15(26-2)17(28-4)16(9-12)27-3/h5-11H,1-4H3,(H,20,22)/t11-/m1/s1. The number of benzene rings is 2. The molecule has 2 aromatic carbocycles. The lowest BCUT2D eigenvalue weighted by atomic mass is 10.2. The summed E-state index contributed by atoms with van der Waals surface area (Å²) in [5.74, 6) is -0.611. The van der Waals surface area contributed by atoms with E-state index in [2.05, 4.69) is 5.32 Å². The highest BCUT2D eigenvalue weighted by Gasteiger charge is 2.23. The first-order chi connectivity index (χ1) is 13.8. The van der Waals surface area contributed by atoms with Gasteiger partial charge in [0.1, 0.15) is 0 Å². The Bertz CT molecular complexity index is 903. The zero-order chi connectivity index (χ0) is 21.6. The van der Waals surface area contributed by atoms with Crippen LogP contribution in [0, 0.1) is 10.1 Å². The number of ether oxygens (including phenoxy) is 4. The molecule has 0 saturated heterocycles. The van der Waals surface area contributed by atoms with E-state index in [9.17, 15) is 19.7 Å². The summed E-state index contributed by atoms with van der Waals surface area (Å²) >= 11 is 0. The van der Waals surface area contributed by atoms with E-state index in [1.165, 1.54) is 64.7 Å². The summed E-state index contributed by atoms with van der Waals surface area (Å²) < 4.78 is 20.7. The number of anilines is 1. The zero-order valence-electron chi connectivity index (χ0n) is 16.3. The first-order valence-corrected chi connectivity index (χ1v) is 8.37. The lowest BCUT2D eigenvalue weighted by molar-refractivity contribution is -0.384. The maximum absolute atomic E-state index is 12.4. The first-order valence-electron chi connectivity index (χ1n) is 8.37. The van der Waals surface area contributed by atoms with E-state index in [1.54, 1.807) is 0 Å². The van der Waals surface area contributed by atoms with Gasteiger partial charge in [0.2, 0.25) is 5.75 Å². The summed E-state index contributed by atoms with van der Waals surface area (Å²) in [5, 5.41) is 13.3. The predicted molar refractivity (Wildman–Crippen MR) is 103 cm³/mol. The van der Waals surface area contributed by atoms with Crippen LogP contribution >= 0.6 is 0 Å². The highest BCUT2D eigenvalue weighted by Crippen LogP contribution is 2.38. The maximum Gasteiger partial charge on any atom is 0.339 e. The lowest BCUT2D eigenvalue weighted by Gasteiger charge is -2.16. The molecule has 1 atom stereocenters. The SMILES string of the molecule is COc1cc(C(=O)O[C@H](C)C(=O)Nc2cccc([N+](=O)[O-])c2)cc(OC)c1OC. The summed E-state index contributed by atoms with van der Waals surface area (Å²) in [4.78, 5) is 35.0. The van der Waals surface area contributed by atoms with Crippen molar-refractivity contribution in [2.75, 3.05) is 26.6 Å². The number of carbonyl (C=O) groups is 2. The second-order valence-electron chi connectivity index (χ2n) is 5.76. The molecule has 0 fully saturated rings. The van der Waals surface area contributed by atoms with Gasteiger partial charge in [0.25, 0.3) is 11.6 Å². The molecule has 0 aliphatic rings. The number of hydrogen-bond donors (Lipinski definition) is 1. The topological polar surface area (TPSA) is 126 Å². The lowest BCUT2D eigenvalue weighted by Crippen LogP contribution is -2.30. The molecule has 2 aromatic rings. The molecule has 0 aliphatic heterocycles. The van der Waals surface area contributed by atoms with Crippen molar-refractivity contribution >= 4 is 23.3 Å². The summed E-state index contributed by atoms with van der Waals surface area (Å²) in [6.45, 7) is 1.38. The molecule has 0 unspecified atom stereocenters. The average molecular weight is 404 g/mol. The minimum Gasteiger partial charge on any atom is -0.493 e. The van der Waals surface area contributed by atoms with Crippen molar-refractivity contribution in [2.45, 2.75) is 13.0 Å². The third-order valence-electron chi connectivity index (χ3n) is 3.88. The number of nitrogens with one attached hydrogen (secondary N) is 1. The van der Waals surface area contributed by atoms with E-state index in [-0.39, 0.29) is 28.4 Å². The molecule has 10 nitrogen and oxygen atoms in total. The fourth-order valence-electron chi connectivity index (χ4n) is 2.42. The Morgan fingerprint density at radius 2 is 1.66 bits per heavy atom. The van der Waals surface area contributed by atoms with Gasteiger partial charge >= 0.3 is 5.97 Å². The van der Waals surface area contributed by atoms with Crippen molar-refractivity contribution in [3.05, 3.63) is 52.1 Å². The predicted octanol–water partition coefficient (Wildman–Crippen LogP) is 2.80. The van der Waals surface area contributed by atoms with Crippen LogP contribution in [0.1, 0.15) is 17.3 Å². The van der Waals surface area contributed by atoms with Gasteiger partial charge < -0.3 is 24.3 Å². The van der Waals surface area contributed by atoms with Crippen LogP contribution in [0.25, 0.3) is 0 Å². The summed E-state index contributed by atoms with van der Waals surface area (Å²) in [7, 11) is 4.24. The highest BCUT2D eigenvalue weighted by molar-refractivity contribution is 5.98. The van der Waals surface area contributed by atoms with Gasteiger partial charge in [-0.05, 0) is 25.1 Å². The molecular weight excluding hydrogens is 384 g/mol. The van der Waals surface area contributed by atoms with Crippen LogP contribution in [0.15, 0.2) is 36.4 Å². The molecule has 1 amide bonds. The van der Waals surface area contributed by atoms with Crippen molar-refractivity contribution in [1.29, 1.82) is 0 Å². The molecular formula is C19H20N2O8. The minimum absolute atomic E-state index is 0.0921. The number of nitrogens with zero attached hydrogens (tertiary/aromatic N) is 1. The van der Waals surface area contributed by atoms with Gasteiger partial charge in [0.15, 0.2) is 17.6 Å². The number of non-ortho nitro benzene ring substituents is 1. The molecule has 0 aliphatic carbocycles. The zero-order valence-corrected chi connectivity index (χ0v) is 16.3. The van der Waals surface area contributed by atoms with E-state index >= 15 is 0 Å². The fraction of sp³-hybridized carbons (Fsp3) is 0.263. The van der Waals surface area contributed by atoms with Gasteiger partial charge in [-0.25, -0.2) is 4.79 Å². The molecule has 1 N–H and O–H groups in total. The summed E-state index contributed by atoms with van der Waals surface area (Å²) in [5.41, 5.74) is 0.124. The van der Waals surface area contributed by atoms with Crippen molar-refractivity contribution in [3.63, 3.8) is 0 Å². The molecule has 10 heteroatoms. The fourth-order valence-corrected chi connectivity index (χ4v) is 2.42. The maximum atomic E-state index is 12.4. The third-order valence-corrected chi connectivity index (χ3v) is 3.88. The molecule has 0 spiro atoms. The van der Waals surface area contributed by atoms with Crippen LogP contribution in [0.4, 0.5) is 11.4 Å². The van der Waals surface area contributed by atoms with Crippen molar-refractivity contribution < 1.29 is 33.5 Å². The molecule has 0 aromatic heterocycles. The summed E-state index contributed by atoms with van der Waals surface area (Å²) in [6, 6.07) is 8.21. The molecule has 0 heterocycles. The molecule has 0 bridgehead atoms. The largest absolute Gasteiger partial charge is 0.493 e. The van der Waals surface area contributed by atoms with Gasteiger partial charge in [0, 0.05) is 17.8 Å². The average Bonchev–Trinajstić information content (AvgIpc) is 2.72. The Labute approximate surface area is 166 Å². The van der Waals surface area contributed by atoms with E-state index in [1.807, 2.05) is 0 Å². The number of amides is 1.